The number of rotatable bonds is 4. The van der Waals surface area contributed by atoms with Crippen LogP contribution in [0.5, 0.6) is 0 Å². The molecular formula is C17H27N3O2. The Hall–Kier alpha value is -2.04. The molecule has 1 heterocycles. The molecule has 5 nitrogen and oxygen atoms in total. The van der Waals surface area contributed by atoms with Crippen LogP contribution in [-0.4, -0.2) is 34.7 Å². The van der Waals surface area contributed by atoms with E-state index in [1.807, 2.05) is 52.8 Å². The summed E-state index contributed by atoms with van der Waals surface area (Å²) in [4.78, 5) is 17.7. The Morgan fingerprint density at radius 2 is 2.14 bits per heavy atom. The van der Waals surface area contributed by atoms with E-state index in [4.69, 9.17) is 10.5 Å². The molecule has 122 valence electrons. The first kappa shape index (κ1) is 18.0. The largest absolute Gasteiger partial charge is 0.444 e. The van der Waals surface area contributed by atoms with Crippen molar-refractivity contribution in [3.8, 4) is 0 Å². The first-order chi connectivity index (χ1) is 10.1. The highest BCUT2D eigenvalue weighted by atomic mass is 16.6. The highest BCUT2D eigenvalue weighted by molar-refractivity contribution is 5.68. The first-order valence-electron chi connectivity index (χ1n) is 7.44. The fourth-order valence-corrected chi connectivity index (χ4v) is 1.77. The summed E-state index contributed by atoms with van der Waals surface area (Å²) in [5.41, 5.74) is 7.18. The van der Waals surface area contributed by atoms with E-state index in [0.717, 1.165) is 17.5 Å². The molecule has 0 spiro atoms. The molecule has 0 aliphatic carbocycles. The van der Waals surface area contributed by atoms with Gasteiger partial charge in [-0.15, -0.1) is 0 Å². The molecule has 5 heteroatoms. The Balaban J connectivity index is 2.57. The zero-order valence-electron chi connectivity index (χ0n) is 14.4. The lowest BCUT2D eigenvalue weighted by Gasteiger charge is -2.28. The zero-order valence-corrected chi connectivity index (χ0v) is 14.4. The summed E-state index contributed by atoms with van der Waals surface area (Å²) in [5, 5.41) is 0. The van der Waals surface area contributed by atoms with Crippen LogP contribution in [0, 0.1) is 6.92 Å². The Morgan fingerprint density at radius 3 is 2.68 bits per heavy atom. The number of carbonyl (C=O) groups excluding carboxylic acids is 1. The van der Waals surface area contributed by atoms with Crippen LogP contribution in [0.4, 0.5) is 10.6 Å². The Bertz CT molecular complexity index is 547. The first-order valence-corrected chi connectivity index (χ1v) is 7.44. The molecule has 0 bridgehead atoms. The van der Waals surface area contributed by atoms with Crippen molar-refractivity contribution in [3.05, 3.63) is 29.5 Å². The van der Waals surface area contributed by atoms with Gasteiger partial charge < -0.3 is 15.4 Å². The molecule has 22 heavy (non-hydrogen) atoms. The third-order valence-corrected chi connectivity index (χ3v) is 3.27. The number of hydrogen-bond donors (Lipinski definition) is 1. The molecule has 2 N–H and O–H groups in total. The quantitative estimate of drug-likeness (QED) is 0.922. The van der Waals surface area contributed by atoms with Crippen molar-refractivity contribution in [3.63, 3.8) is 0 Å². The summed E-state index contributed by atoms with van der Waals surface area (Å²) in [6.45, 7) is 9.50. The van der Waals surface area contributed by atoms with Gasteiger partial charge in [-0.1, -0.05) is 12.2 Å². The van der Waals surface area contributed by atoms with Gasteiger partial charge in [0.05, 0.1) is 0 Å². The maximum Gasteiger partial charge on any atom is 0.410 e. The number of carbonyl (C=O) groups is 1. The van der Waals surface area contributed by atoms with Gasteiger partial charge in [0.2, 0.25) is 0 Å². The van der Waals surface area contributed by atoms with Crippen molar-refractivity contribution in [2.24, 2.45) is 0 Å². The molecular weight excluding hydrogens is 278 g/mol. The predicted molar refractivity (Wildman–Crippen MR) is 90.5 cm³/mol. The average molecular weight is 305 g/mol. The van der Waals surface area contributed by atoms with E-state index >= 15 is 0 Å². The minimum atomic E-state index is -0.478. The van der Waals surface area contributed by atoms with Gasteiger partial charge >= 0.3 is 6.09 Å². The van der Waals surface area contributed by atoms with Crippen LogP contribution >= 0.6 is 0 Å². The number of ether oxygens (including phenoxy) is 1. The SMILES string of the molecule is Cc1cc(C=CCC(C)N(C)C(=O)OC(C)(C)C)cnc1N. The number of hydrogen-bond acceptors (Lipinski definition) is 4. The van der Waals surface area contributed by atoms with Crippen LogP contribution in [0.25, 0.3) is 6.08 Å². The molecule has 1 amide bonds. The van der Waals surface area contributed by atoms with Crippen LogP contribution in [0.1, 0.15) is 45.2 Å². The van der Waals surface area contributed by atoms with E-state index in [-0.39, 0.29) is 12.1 Å². The second-order valence-electron chi connectivity index (χ2n) is 6.55. The van der Waals surface area contributed by atoms with Crippen LogP contribution < -0.4 is 5.73 Å². The van der Waals surface area contributed by atoms with Crippen molar-refractivity contribution >= 4 is 18.0 Å². The van der Waals surface area contributed by atoms with Gasteiger partial charge in [0.15, 0.2) is 0 Å². The summed E-state index contributed by atoms with van der Waals surface area (Å²) in [7, 11) is 1.75. The number of nitrogen functional groups attached to an aromatic ring is 1. The summed E-state index contributed by atoms with van der Waals surface area (Å²) < 4.78 is 5.35. The van der Waals surface area contributed by atoms with E-state index in [1.54, 1.807) is 18.1 Å². The molecule has 0 aliphatic heterocycles. The van der Waals surface area contributed by atoms with Gasteiger partial charge in [-0.25, -0.2) is 9.78 Å². The molecule has 0 aromatic carbocycles. The Kier molecular flexibility index (Phi) is 5.97. The lowest BCUT2D eigenvalue weighted by molar-refractivity contribution is 0.0238. The van der Waals surface area contributed by atoms with E-state index < -0.39 is 5.60 Å². The fraction of sp³-hybridized carbons (Fsp3) is 0.529. The van der Waals surface area contributed by atoms with Crippen LogP contribution in [-0.2, 0) is 4.74 Å². The topological polar surface area (TPSA) is 68.5 Å². The number of anilines is 1. The highest BCUT2D eigenvalue weighted by Gasteiger charge is 2.22. The van der Waals surface area contributed by atoms with Gasteiger partial charge in [-0.2, -0.15) is 0 Å². The molecule has 0 aliphatic rings. The molecule has 1 aromatic rings. The highest BCUT2D eigenvalue weighted by Crippen LogP contribution is 2.14. The number of nitrogens with two attached hydrogens (primary N) is 1. The van der Waals surface area contributed by atoms with Gasteiger partial charge in [0.25, 0.3) is 0 Å². The van der Waals surface area contributed by atoms with Crippen molar-refractivity contribution in [1.82, 2.24) is 9.88 Å². The smallest absolute Gasteiger partial charge is 0.410 e. The van der Waals surface area contributed by atoms with Crippen LogP contribution in [0.3, 0.4) is 0 Å². The molecule has 1 unspecified atom stereocenters. The summed E-state index contributed by atoms with van der Waals surface area (Å²) in [6.07, 6.45) is 6.18. The van der Waals surface area contributed by atoms with Crippen molar-refractivity contribution in [2.75, 3.05) is 12.8 Å². The number of aromatic nitrogens is 1. The standard InChI is InChI=1S/C17H27N3O2/c1-12-10-14(11-19-15(12)18)9-7-8-13(2)20(6)16(21)22-17(3,4)5/h7,9-11,13H,8H2,1-6H3,(H2,18,19). The minimum Gasteiger partial charge on any atom is -0.444 e. The fourth-order valence-electron chi connectivity index (χ4n) is 1.77. The maximum absolute atomic E-state index is 12.0. The third-order valence-electron chi connectivity index (χ3n) is 3.27. The van der Waals surface area contributed by atoms with E-state index in [0.29, 0.717) is 5.82 Å². The molecule has 1 rings (SSSR count). The Morgan fingerprint density at radius 1 is 1.50 bits per heavy atom. The van der Waals surface area contributed by atoms with E-state index in [9.17, 15) is 4.79 Å². The normalized spacial score (nSPS) is 13.2. The van der Waals surface area contributed by atoms with Crippen LogP contribution in [0.15, 0.2) is 18.3 Å². The summed E-state index contributed by atoms with van der Waals surface area (Å²) >= 11 is 0. The van der Waals surface area contributed by atoms with Gasteiger partial charge in [0, 0.05) is 19.3 Å². The molecule has 1 atom stereocenters. The lowest BCUT2D eigenvalue weighted by atomic mass is 10.1. The maximum atomic E-state index is 12.0. The van der Waals surface area contributed by atoms with Gasteiger partial charge in [-0.3, -0.25) is 0 Å². The lowest BCUT2D eigenvalue weighted by Crippen LogP contribution is -2.39. The van der Waals surface area contributed by atoms with Crippen molar-refractivity contribution in [2.45, 2.75) is 52.7 Å². The molecule has 0 radical (unpaired) electrons. The van der Waals surface area contributed by atoms with Gasteiger partial charge in [-0.05, 0) is 58.2 Å². The second kappa shape index (κ2) is 7.29. The van der Waals surface area contributed by atoms with Crippen molar-refractivity contribution in [1.29, 1.82) is 0 Å². The van der Waals surface area contributed by atoms with Gasteiger partial charge in [0.1, 0.15) is 11.4 Å². The molecule has 0 saturated carbocycles. The van der Waals surface area contributed by atoms with Crippen molar-refractivity contribution < 1.29 is 9.53 Å². The number of amides is 1. The molecule has 0 saturated heterocycles. The number of pyridine rings is 1. The number of aryl methyl sites for hydroxylation is 1. The second-order valence-corrected chi connectivity index (χ2v) is 6.55. The van der Waals surface area contributed by atoms with E-state index in [2.05, 4.69) is 4.98 Å². The zero-order chi connectivity index (χ0) is 16.9. The predicted octanol–water partition coefficient (Wildman–Crippen LogP) is 3.63. The minimum absolute atomic E-state index is 0.0499. The monoisotopic (exact) mass is 305 g/mol. The number of nitrogens with zero attached hydrogens (tertiary/aromatic N) is 2. The average Bonchev–Trinajstić information content (AvgIpc) is 2.39. The summed E-state index contributed by atoms with van der Waals surface area (Å²) in [6, 6.07) is 2.04. The molecule has 0 fully saturated rings. The van der Waals surface area contributed by atoms with Crippen LogP contribution in [0.2, 0.25) is 0 Å². The molecule has 1 aromatic heterocycles. The Labute approximate surface area is 133 Å². The van der Waals surface area contributed by atoms with E-state index in [1.165, 1.54) is 0 Å². The third kappa shape index (κ3) is 5.76. The summed E-state index contributed by atoms with van der Waals surface area (Å²) in [5.74, 6) is 0.551.